The van der Waals surface area contributed by atoms with Crippen molar-refractivity contribution >= 4 is 17.6 Å². The zero-order valence-corrected chi connectivity index (χ0v) is 12.1. The Morgan fingerprint density at radius 2 is 2.00 bits per heavy atom. The van der Waals surface area contributed by atoms with Crippen LogP contribution in [0.5, 0.6) is 11.5 Å². The van der Waals surface area contributed by atoms with Crippen LogP contribution in [-0.2, 0) is 10.2 Å². The second-order valence-corrected chi connectivity index (χ2v) is 5.92. The number of hydrogen-bond donors (Lipinski definition) is 1. The van der Waals surface area contributed by atoms with E-state index in [2.05, 4.69) is 0 Å². The lowest BCUT2D eigenvalue weighted by molar-refractivity contribution is -0.145. The van der Waals surface area contributed by atoms with Crippen LogP contribution in [0.25, 0.3) is 0 Å². The predicted molar refractivity (Wildman–Crippen MR) is 74.7 cm³/mol. The number of carboxylic acids is 1. The first kappa shape index (κ1) is 13.6. The standard InChI is InChI=1S/C15H17ClO4/c1-9-10(7-11-13(12(9)16)20-8-19-11)15(14(17)18)5-3-2-4-6-15/h7H,2-6,8H2,1H3,(H,17,18). The highest BCUT2D eigenvalue weighted by Crippen LogP contribution is 2.49. The number of ether oxygens (including phenoxy) is 2. The summed E-state index contributed by atoms with van der Waals surface area (Å²) in [7, 11) is 0. The van der Waals surface area contributed by atoms with Crippen LogP contribution in [0.15, 0.2) is 6.07 Å². The van der Waals surface area contributed by atoms with Gasteiger partial charge in [-0.25, -0.2) is 0 Å². The number of carbonyl (C=O) groups is 1. The molecule has 0 atom stereocenters. The summed E-state index contributed by atoms with van der Waals surface area (Å²) in [6, 6.07) is 1.81. The van der Waals surface area contributed by atoms with Gasteiger partial charge < -0.3 is 14.6 Å². The van der Waals surface area contributed by atoms with Crippen molar-refractivity contribution in [3.63, 3.8) is 0 Å². The van der Waals surface area contributed by atoms with E-state index in [1.165, 1.54) is 0 Å². The van der Waals surface area contributed by atoms with Gasteiger partial charge in [-0.05, 0) is 37.0 Å². The van der Waals surface area contributed by atoms with E-state index in [1.54, 1.807) is 0 Å². The van der Waals surface area contributed by atoms with Crippen molar-refractivity contribution in [3.8, 4) is 11.5 Å². The lowest BCUT2D eigenvalue weighted by atomic mass is 9.68. The quantitative estimate of drug-likeness (QED) is 0.905. The van der Waals surface area contributed by atoms with Gasteiger partial charge in [-0.2, -0.15) is 0 Å². The highest BCUT2D eigenvalue weighted by atomic mass is 35.5. The van der Waals surface area contributed by atoms with Gasteiger partial charge in [0.25, 0.3) is 0 Å². The van der Waals surface area contributed by atoms with E-state index in [9.17, 15) is 9.90 Å². The van der Waals surface area contributed by atoms with Gasteiger partial charge in [0, 0.05) is 0 Å². The largest absolute Gasteiger partial charge is 0.481 e. The molecule has 0 radical (unpaired) electrons. The first-order valence-corrected chi connectivity index (χ1v) is 7.26. The summed E-state index contributed by atoms with van der Waals surface area (Å²) in [5.41, 5.74) is 0.728. The van der Waals surface area contributed by atoms with E-state index in [0.29, 0.717) is 29.4 Å². The Bertz CT molecular complexity index is 561. The molecule has 0 bridgehead atoms. The fourth-order valence-corrected chi connectivity index (χ4v) is 3.60. The van der Waals surface area contributed by atoms with Crippen molar-refractivity contribution in [2.75, 3.05) is 6.79 Å². The Morgan fingerprint density at radius 3 is 2.65 bits per heavy atom. The smallest absolute Gasteiger partial charge is 0.314 e. The summed E-state index contributed by atoms with van der Waals surface area (Å²) in [5, 5.41) is 10.3. The molecule has 1 saturated carbocycles. The summed E-state index contributed by atoms with van der Waals surface area (Å²) in [6.45, 7) is 2.00. The Labute approximate surface area is 122 Å². The van der Waals surface area contributed by atoms with Crippen molar-refractivity contribution in [3.05, 3.63) is 22.2 Å². The Balaban J connectivity index is 2.17. The molecule has 20 heavy (non-hydrogen) atoms. The summed E-state index contributed by atoms with van der Waals surface area (Å²) in [4.78, 5) is 11.9. The van der Waals surface area contributed by atoms with Crippen molar-refractivity contribution in [1.29, 1.82) is 0 Å². The molecule has 1 aromatic rings. The van der Waals surface area contributed by atoms with E-state index in [-0.39, 0.29) is 6.79 Å². The third kappa shape index (κ3) is 1.85. The molecule has 1 heterocycles. The van der Waals surface area contributed by atoms with E-state index in [0.717, 1.165) is 30.4 Å². The van der Waals surface area contributed by atoms with Gasteiger partial charge in [-0.15, -0.1) is 0 Å². The number of rotatable bonds is 2. The summed E-state index contributed by atoms with van der Waals surface area (Å²) >= 11 is 6.33. The van der Waals surface area contributed by atoms with E-state index < -0.39 is 11.4 Å². The molecular formula is C15H17ClO4. The third-order valence-corrected chi connectivity index (χ3v) is 4.94. The molecule has 0 saturated heterocycles. The van der Waals surface area contributed by atoms with Crippen LogP contribution < -0.4 is 9.47 Å². The molecule has 2 aliphatic rings. The van der Waals surface area contributed by atoms with E-state index >= 15 is 0 Å². The van der Waals surface area contributed by atoms with Gasteiger partial charge in [0.1, 0.15) is 0 Å². The maximum atomic E-state index is 11.9. The van der Waals surface area contributed by atoms with Crippen molar-refractivity contribution in [2.24, 2.45) is 0 Å². The van der Waals surface area contributed by atoms with Gasteiger partial charge in [-0.3, -0.25) is 4.79 Å². The second kappa shape index (κ2) is 4.85. The van der Waals surface area contributed by atoms with Crippen molar-refractivity contribution < 1.29 is 19.4 Å². The molecule has 108 valence electrons. The number of halogens is 1. The fraction of sp³-hybridized carbons (Fsp3) is 0.533. The summed E-state index contributed by atoms with van der Waals surface area (Å²) < 4.78 is 10.7. The van der Waals surface area contributed by atoms with Crippen LogP contribution >= 0.6 is 11.6 Å². The first-order chi connectivity index (χ1) is 9.56. The lowest BCUT2D eigenvalue weighted by Crippen LogP contribution is -2.38. The van der Waals surface area contributed by atoms with Crippen LogP contribution in [-0.4, -0.2) is 17.9 Å². The molecule has 1 aliphatic heterocycles. The number of aliphatic carboxylic acids is 1. The maximum absolute atomic E-state index is 11.9. The molecule has 1 N–H and O–H groups in total. The Morgan fingerprint density at radius 1 is 1.30 bits per heavy atom. The molecule has 0 spiro atoms. The number of benzene rings is 1. The third-order valence-electron chi connectivity index (χ3n) is 4.48. The summed E-state index contributed by atoms with van der Waals surface area (Å²) in [5.74, 6) is 0.321. The number of fused-ring (bicyclic) bond motifs is 1. The first-order valence-electron chi connectivity index (χ1n) is 6.89. The van der Waals surface area contributed by atoms with E-state index in [1.807, 2.05) is 13.0 Å². The molecular weight excluding hydrogens is 280 g/mol. The highest BCUT2D eigenvalue weighted by molar-refractivity contribution is 6.33. The average molecular weight is 297 g/mol. The SMILES string of the molecule is Cc1c(C2(C(=O)O)CCCCC2)cc2c(c1Cl)OCO2. The summed E-state index contributed by atoms with van der Waals surface area (Å²) in [6.07, 6.45) is 4.25. The van der Waals surface area contributed by atoms with Crippen LogP contribution in [0, 0.1) is 6.92 Å². The van der Waals surface area contributed by atoms with Crippen molar-refractivity contribution in [1.82, 2.24) is 0 Å². The average Bonchev–Trinajstić information content (AvgIpc) is 2.92. The minimum Gasteiger partial charge on any atom is -0.481 e. The van der Waals surface area contributed by atoms with Gasteiger partial charge in [0.2, 0.25) is 6.79 Å². The molecule has 4 nitrogen and oxygen atoms in total. The lowest BCUT2D eigenvalue weighted by Gasteiger charge is -2.35. The van der Waals surface area contributed by atoms with Crippen molar-refractivity contribution in [2.45, 2.75) is 44.4 Å². The molecule has 0 amide bonds. The molecule has 1 aliphatic carbocycles. The van der Waals surface area contributed by atoms with Crippen LogP contribution in [0.1, 0.15) is 43.2 Å². The van der Waals surface area contributed by atoms with Gasteiger partial charge in [0.15, 0.2) is 11.5 Å². The molecule has 1 fully saturated rings. The Kier molecular flexibility index (Phi) is 3.28. The zero-order valence-electron chi connectivity index (χ0n) is 11.4. The number of hydrogen-bond acceptors (Lipinski definition) is 3. The van der Waals surface area contributed by atoms with Gasteiger partial charge in [-0.1, -0.05) is 30.9 Å². The molecule has 5 heteroatoms. The monoisotopic (exact) mass is 296 g/mol. The van der Waals surface area contributed by atoms with Crippen LogP contribution in [0.3, 0.4) is 0 Å². The van der Waals surface area contributed by atoms with Crippen LogP contribution in [0.2, 0.25) is 5.02 Å². The predicted octanol–water partition coefficient (Wildman–Crippen LogP) is 3.66. The number of carboxylic acid groups (broad SMARTS) is 1. The van der Waals surface area contributed by atoms with E-state index in [4.69, 9.17) is 21.1 Å². The Hall–Kier alpha value is -1.42. The maximum Gasteiger partial charge on any atom is 0.314 e. The molecule has 0 aromatic heterocycles. The molecule has 0 unspecified atom stereocenters. The van der Waals surface area contributed by atoms with Gasteiger partial charge in [0.05, 0.1) is 10.4 Å². The topological polar surface area (TPSA) is 55.8 Å². The van der Waals surface area contributed by atoms with Crippen LogP contribution in [0.4, 0.5) is 0 Å². The minimum absolute atomic E-state index is 0.137. The fourth-order valence-electron chi connectivity index (χ4n) is 3.35. The molecule has 3 rings (SSSR count). The minimum atomic E-state index is -0.840. The molecule has 1 aromatic carbocycles. The van der Waals surface area contributed by atoms with Gasteiger partial charge >= 0.3 is 5.97 Å². The highest BCUT2D eigenvalue weighted by Gasteiger charge is 2.43. The second-order valence-electron chi connectivity index (χ2n) is 5.54. The zero-order chi connectivity index (χ0) is 14.3. The normalized spacial score (nSPS) is 19.9.